The Bertz CT molecular complexity index is 957. The summed E-state index contributed by atoms with van der Waals surface area (Å²) in [7, 11) is 0. The summed E-state index contributed by atoms with van der Waals surface area (Å²) in [6.07, 6.45) is 5.46. The summed E-state index contributed by atoms with van der Waals surface area (Å²) >= 11 is 0. The standard InChI is InChI=1S/C21H23N5/c1-16(10-22-11-17-5-3-2-4-6-17)20-12-24-21-8-7-18(9-19(20)21)13-26-15-23-14-25-26/h2-9,12,14-16,22,24H,10-11,13H2,1H3. The molecule has 0 spiro atoms. The van der Waals surface area contributed by atoms with Crippen LogP contribution in [0.25, 0.3) is 10.9 Å². The second-order valence-electron chi connectivity index (χ2n) is 6.73. The van der Waals surface area contributed by atoms with E-state index in [-0.39, 0.29) is 0 Å². The Morgan fingerprint density at radius 1 is 1.12 bits per heavy atom. The molecule has 0 bridgehead atoms. The molecule has 2 N–H and O–H groups in total. The van der Waals surface area contributed by atoms with Crippen molar-refractivity contribution < 1.29 is 0 Å². The second-order valence-corrected chi connectivity index (χ2v) is 6.73. The van der Waals surface area contributed by atoms with Crippen molar-refractivity contribution in [2.24, 2.45) is 0 Å². The highest BCUT2D eigenvalue weighted by atomic mass is 15.3. The Hall–Kier alpha value is -2.92. The number of aromatic nitrogens is 4. The van der Waals surface area contributed by atoms with Gasteiger partial charge in [-0.1, -0.05) is 43.3 Å². The number of H-pyrrole nitrogens is 1. The van der Waals surface area contributed by atoms with Crippen LogP contribution in [0.15, 0.2) is 67.4 Å². The average Bonchev–Trinajstić information content (AvgIpc) is 3.32. The molecule has 2 aromatic heterocycles. The van der Waals surface area contributed by atoms with Crippen molar-refractivity contribution in [2.45, 2.75) is 25.9 Å². The molecule has 1 atom stereocenters. The fourth-order valence-electron chi connectivity index (χ4n) is 3.34. The second kappa shape index (κ2) is 7.54. The fourth-order valence-corrected chi connectivity index (χ4v) is 3.34. The molecule has 5 nitrogen and oxygen atoms in total. The van der Waals surface area contributed by atoms with Gasteiger partial charge in [-0.3, -0.25) is 0 Å². The molecule has 26 heavy (non-hydrogen) atoms. The van der Waals surface area contributed by atoms with Gasteiger partial charge < -0.3 is 10.3 Å². The van der Waals surface area contributed by atoms with Crippen LogP contribution in [0, 0.1) is 0 Å². The molecule has 0 aliphatic heterocycles. The smallest absolute Gasteiger partial charge is 0.137 e. The molecule has 5 heteroatoms. The molecule has 1 unspecified atom stereocenters. The topological polar surface area (TPSA) is 58.5 Å². The maximum Gasteiger partial charge on any atom is 0.137 e. The van der Waals surface area contributed by atoms with Crippen molar-refractivity contribution in [2.75, 3.05) is 6.54 Å². The number of hydrogen-bond acceptors (Lipinski definition) is 3. The van der Waals surface area contributed by atoms with Gasteiger partial charge in [-0.2, -0.15) is 5.10 Å². The molecule has 0 saturated heterocycles. The predicted octanol–water partition coefficient (Wildman–Crippen LogP) is 3.70. The van der Waals surface area contributed by atoms with Gasteiger partial charge in [-0.25, -0.2) is 9.67 Å². The number of aromatic amines is 1. The van der Waals surface area contributed by atoms with E-state index in [2.05, 4.69) is 82.0 Å². The van der Waals surface area contributed by atoms with E-state index in [9.17, 15) is 0 Å². The van der Waals surface area contributed by atoms with Crippen LogP contribution in [0.1, 0.15) is 29.5 Å². The van der Waals surface area contributed by atoms with Crippen LogP contribution in [-0.2, 0) is 13.1 Å². The third kappa shape index (κ3) is 3.68. The van der Waals surface area contributed by atoms with E-state index in [0.717, 1.165) is 19.6 Å². The van der Waals surface area contributed by atoms with E-state index in [1.807, 2.05) is 4.68 Å². The van der Waals surface area contributed by atoms with Crippen molar-refractivity contribution in [3.63, 3.8) is 0 Å². The van der Waals surface area contributed by atoms with Crippen LogP contribution >= 0.6 is 0 Å². The van der Waals surface area contributed by atoms with Gasteiger partial charge in [0.15, 0.2) is 0 Å². The molecule has 2 heterocycles. The number of nitrogens with one attached hydrogen (secondary N) is 2. The van der Waals surface area contributed by atoms with Crippen molar-refractivity contribution in [1.29, 1.82) is 0 Å². The van der Waals surface area contributed by atoms with E-state index >= 15 is 0 Å². The lowest BCUT2D eigenvalue weighted by Crippen LogP contribution is -2.19. The van der Waals surface area contributed by atoms with Crippen LogP contribution < -0.4 is 5.32 Å². The van der Waals surface area contributed by atoms with Crippen LogP contribution in [0.2, 0.25) is 0 Å². The van der Waals surface area contributed by atoms with E-state index in [1.165, 1.54) is 27.6 Å². The molecule has 0 aliphatic rings. The van der Waals surface area contributed by atoms with E-state index in [4.69, 9.17) is 0 Å². The fraction of sp³-hybridized carbons (Fsp3) is 0.238. The summed E-state index contributed by atoms with van der Waals surface area (Å²) in [6.45, 7) is 4.84. The zero-order valence-electron chi connectivity index (χ0n) is 14.9. The molecule has 2 aromatic carbocycles. The molecular formula is C21H23N5. The summed E-state index contributed by atoms with van der Waals surface area (Å²) in [6, 6.07) is 17.1. The number of rotatable bonds is 7. The van der Waals surface area contributed by atoms with Gasteiger partial charge in [-0.15, -0.1) is 0 Å². The quantitative estimate of drug-likeness (QED) is 0.537. The van der Waals surface area contributed by atoms with Crippen molar-refractivity contribution in [3.8, 4) is 0 Å². The van der Waals surface area contributed by atoms with E-state index < -0.39 is 0 Å². The largest absolute Gasteiger partial charge is 0.361 e. The highest BCUT2D eigenvalue weighted by Gasteiger charge is 2.12. The average molecular weight is 345 g/mol. The number of hydrogen-bond donors (Lipinski definition) is 2. The summed E-state index contributed by atoms with van der Waals surface area (Å²) in [4.78, 5) is 7.41. The van der Waals surface area contributed by atoms with Crippen LogP contribution in [0.5, 0.6) is 0 Å². The van der Waals surface area contributed by atoms with E-state index in [0.29, 0.717) is 5.92 Å². The van der Waals surface area contributed by atoms with Gasteiger partial charge in [0, 0.05) is 30.2 Å². The molecule has 132 valence electrons. The Kier molecular flexibility index (Phi) is 4.80. The number of benzene rings is 2. The third-order valence-corrected chi connectivity index (χ3v) is 4.74. The molecular weight excluding hydrogens is 322 g/mol. The van der Waals surface area contributed by atoms with Crippen LogP contribution in [0.4, 0.5) is 0 Å². The zero-order chi connectivity index (χ0) is 17.8. The first-order valence-corrected chi connectivity index (χ1v) is 8.96. The van der Waals surface area contributed by atoms with Crippen molar-refractivity contribution in [1.82, 2.24) is 25.1 Å². The SMILES string of the molecule is CC(CNCc1ccccc1)c1c[nH]c2ccc(Cn3cncn3)cc12. The molecule has 0 radical (unpaired) electrons. The Morgan fingerprint density at radius 3 is 2.81 bits per heavy atom. The van der Waals surface area contributed by atoms with Crippen molar-refractivity contribution in [3.05, 3.63) is 84.1 Å². The Morgan fingerprint density at radius 2 is 2.00 bits per heavy atom. The summed E-state index contributed by atoms with van der Waals surface area (Å²) < 4.78 is 1.85. The molecule has 0 saturated carbocycles. The first kappa shape index (κ1) is 16.5. The van der Waals surface area contributed by atoms with Crippen LogP contribution in [0.3, 0.4) is 0 Å². The minimum atomic E-state index is 0.425. The number of fused-ring (bicyclic) bond motifs is 1. The van der Waals surface area contributed by atoms with Crippen molar-refractivity contribution >= 4 is 10.9 Å². The molecule has 0 amide bonds. The lowest BCUT2D eigenvalue weighted by molar-refractivity contribution is 0.617. The Labute approximate surface area is 153 Å². The lowest BCUT2D eigenvalue weighted by Gasteiger charge is -2.13. The summed E-state index contributed by atoms with van der Waals surface area (Å²) in [5, 5.41) is 9.05. The highest BCUT2D eigenvalue weighted by molar-refractivity contribution is 5.84. The Balaban J connectivity index is 1.46. The van der Waals surface area contributed by atoms with Gasteiger partial charge >= 0.3 is 0 Å². The normalized spacial score (nSPS) is 12.5. The summed E-state index contributed by atoms with van der Waals surface area (Å²) in [5.41, 5.74) is 5.07. The summed E-state index contributed by atoms with van der Waals surface area (Å²) in [5.74, 6) is 0.425. The third-order valence-electron chi connectivity index (χ3n) is 4.74. The monoisotopic (exact) mass is 345 g/mol. The van der Waals surface area contributed by atoms with Gasteiger partial charge in [0.2, 0.25) is 0 Å². The minimum Gasteiger partial charge on any atom is -0.361 e. The van der Waals surface area contributed by atoms with Gasteiger partial charge in [0.1, 0.15) is 12.7 Å². The number of nitrogens with zero attached hydrogens (tertiary/aromatic N) is 3. The van der Waals surface area contributed by atoms with Crippen LogP contribution in [-0.4, -0.2) is 26.3 Å². The predicted molar refractivity (Wildman–Crippen MR) is 104 cm³/mol. The minimum absolute atomic E-state index is 0.425. The highest BCUT2D eigenvalue weighted by Crippen LogP contribution is 2.26. The van der Waals surface area contributed by atoms with Gasteiger partial charge in [0.05, 0.1) is 6.54 Å². The maximum absolute atomic E-state index is 4.19. The molecule has 0 aliphatic carbocycles. The van der Waals surface area contributed by atoms with E-state index in [1.54, 1.807) is 12.7 Å². The van der Waals surface area contributed by atoms with Gasteiger partial charge in [0.25, 0.3) is 0 Å². The molecule has 0 fully saturated rings. The lowest BCUT2D eigenvalue weighted by atomic mass is 9.99. The van der Waals surface area contributed by atoms with Gasteiger partial charge in [-0.05, 0) is 34.7 Å². The molecule has 4 rings (SSSR count). The maximum atomic E-state index is 4.19. The first-order chi connectivity index (χ1) is 12.8. The first-order valence-electron chi connectivity index (χ1n) is 8.96. The zero-order valence-corrected chi connectivity index (χ0v) is 14.9. The molecule has 4 aromatic rings.